The number of hydrogen-bond donors (Lipinski definition) is 2. The summed E-state index contributed by atoms with van der Waals surface area (Å²) in [6.45, 7) is 5.37. The fourth-order valence-electron chi connectivity index (χ4n) is 2.27. The summed E-state index contributed by atoms with van der Waals surface area (Å²) in [5.41, 5.74) is 0.994. The van der Waals surface area contributed by atoms with Crippen LogP contribution in [0.4, 0.5) is 4.39 Å². The zero-order valence-corrected chi connectivity index (χ0v) is 10.8. The molecule has 0 aromatic heterocycles. The molecule has 1 heterocycles. The summed E-state index contributed by atoms with van der Waals surface area (Å²) in [4.78, 5) is 11.9. The van der Waals surface area contributed by atoms with E-state index in [9.17, 15) is 9.18 Å². The summed E-state index contributed by atoms with van der Waals surface area (Å²) < 4.78 is 13.1. The van der Waals surface area contributed by atoms with Gasteiger partial charge in [-0.15, -0.1) is 0 Å². The zero-order chi connectivity index (χ0) is 13.2. The van der Waals surface area contributed by atoms with Crippen LogP contribution in [0.3, 0.4) is 0 Å². The lowest BCUT2D eigenvalue weighted by Gasteiger charge is -2.24. The first kappa shape index (κ1) is 13.0. The molecule has 2 N–H and O–H groups in total. The standard InChI is InChI=1S/C14H19FN2O/c1-10-8-11(4-5-12(10)15)13(18)16-9-14(2)6-3-7-17-14/h4-5,8,17H,3,6-7,9H2,1-2H3,(H,16,18). The van der Waals surface area contributed by atoms with E-state index in [0.717, 1.165) is 19.4 Å². The van der Waals surface area contributed by atoms with Gasteiger partial charge in [-0.2, -0.15) is 0 Å². The van der Waals surface area contributed by atoms with Gasteiger partial charge in [0.05, 0.1) is 0 Å². The van der Waals surface area contributed by atoms with E-state index in [2.05, 4.69) is 17.6 Å². The maximum Gasteiger partial charge on any atom is 0.251 e. The monoisotopic (exact) mass is 250 g/mol. The van der Waals surface area contributed by atoms with Crippen molar-refractivity contribution in [2.45, 2.75) is 32.2 Å². The van der Waals surface area contributed by atoms with E-state index in [1.165, 1.54) is 12.1 Å². The van der Waals surface area contributed by atoms with Gasteiger partial charge in [-0.25, -0.2) is 4.39 Å². The molecule has 1 aliphatic heterocycles. The Morgan fingerprint density at radius 3 is 2.94 bits per heavy atom. The van der Waals surface area contributed by atoms with Crippen LogP contribution in [0.1, 0.15) is 35.7 Å². The number of hydrogen-bond acceptors (Lipinski definition) is 2. The molecule has 1 saturated heterocycles. The van der Waals surface area contributed by atoms with E-state index in [-0.39, 0.29) is 17.3 Å². The number of benzene rings is 1. The first-order valence-corrected chi connectivity index (χ1v) is 6.30. The van der Waals surface area contributed by atoms with Crippen LogP contribution in [0.25, 0.3) is 0 Å². The van der Waals surface area contributed by atoms with Crippen molar-refractivity contribution >= 4 is 5.91 Å². The second kappa shape index (κ2) is 5.06. The quantitative estimate of drug-likeness (QED) is 0.861. The summed E-state index contributed by atoms with van der Waals surface area (Å²) in [6, 6.07) is 4.43. The summed E-state index contributed by atoms with van der Waals surface area (Å²) in [6.07, 6.45) is 2.21. The third-order valence-corrected chi connectivity index (χ3v) is 3.52. The lowest BCUT2D eigenvalue weighted by Crippen LogP contribution is -2.47. The predicted molar refractivity (Wildman–Crippen MR) is 69.1 cm³/mol. The molecule has 4 heteroatoms. The first-order chi connectivity index (χ1) is 8.50. The lowest BCUT2D eigenvalue weighted by molar-refractivity contribution is 0.0942. The van der Waals surface area contributed by atoms with Crippen LogP contribution >= 0.6 is 0 Å². The predicted octanol–water partition coefficient (Wildman–Crippen LogP) is 2.01. The topological polar surface area (TPSA) is 41.1 Å². The Morgan fingerprint density at radius 2 is 2.33 bits per heavy atom. The van der Waals surface area contributed by atoms with Crippen molar-refractivity contribution in [3.8, 4) is 0 Å². The molecule has 1 amide bonds. The minimum absolute atomic E-state index is 0.00919. The third-order valence-electron chi connectivity index (χ3n) is 3.52. The molecule has 3 nitrogen and oxygen atoms in total. The molecule has 98 valence electrons. The molecule has 1 aromatic carbocycles. The Balaban J connectivity index is 1.97. The molecule has 0 saturated carbocycles. The smallest absolute Gasteiger partial charge is 0.251 e. The molecule has 0 bridgehead atoms. The van der Waals surface area contributed by atoms with E-state index in [1.54, 1.807) is 13.0 Å². The normalized spacial score (nSPS) is 23.1. The maximum atomic E-state index is 13.1. The fraction of sp³-hybridized carbons (Fsp3) is 0.500. The van der Waals surface area contributed by atoms with E-state index in [4.69, 9.17) is 0 Å². The second-order valence-corrected chi connectivity index (χ2v) is 5.24. The molecule has 0 spiro atoms. The molecule has 1 aromatic rings. The van der Waals surface area contributed by atoms with Gasteiger partial charge in [-0.05, 0) is 57.0 Å². The van der Waals surface area contributed by atoms with Gasteiger partial charge in [0.1, 0.15) is 5.82 Å². The van der Waals surface area contributed by atoms with Gasteiger partial charge < -0.3 is 10.6 Å². The zero-order valence-electron chi connectivity index (χ0n) is 10.8. The van der Waals surface area contributed by atoms with Crippen molar-refractivity contribution in [3.05, 3.63) is 35.1 Å². The summed E-state index contributed by atoms with van der Waals surface area (Å²) >= 11 is 0. The Labute approximate surface area is 107 Å². The van der Waals surface area contributed by atoms with Crippen LogP contribution in [-0.4, -0.2) is 24.5 Å². The van der Waals surface area contributed by atoms with Crippen molar-refractivity contribution in [1.29, 1.82) is 0 Å². The van der Waals surface area contributed by atoms with Crippen molar-refractivity contribution in [2.24, 2.45) is 0 Å². The Bertz CT molecular complexity index is 453. The van der Waals surface area contributed by atoms with E-state index in [1.807, 2.05) is 0 Å². The van der Waals surface area contributed by atoms with Gasteiger partial charge >= 0.3 is 0 Å². The molecule has 1 fully saturated rings. The molecule has 1 atom stereocenters. The fourth-order valence-corrected chi connectivity index (χ4v) is 2.27. The van der Waals surface area contributed by atoms with Gasteiger partial charge in [0.15, 0.2) is 0 Å². The number of aryl methyl sites for hydroxylation is 1. The molecule has 2 rings (SSSR count). The van der Waals surface area contributed by atoms with Crippen LogP contribution in [0.2, 0.25) is 0 Å². The van der Waals surface area contributed by atoms with E-state index < -0.39 is 0 Å². The van der Waals surface area contributed by atoms with Crippen molar-refractivity contribution in [3.63, 3.8) is 0 Å². The van der Waals surface area contributed by atoms with Crippen molar-refractivity contribution in [2.75, 3.05) is 13.1 Å². The van der Waals surface area contributed by atoms with Crippen LogP contribution in [-0.2, 0) is 0 Å². The Morgan fingerprint density at radius 1 is 1.56 bits per heavy atom. The minimum Gasteiger partial charge on any atom is -0.350 e. The molecule has 18 heavy (non-hydrogen) atoms. The molecule has 1 unspecified atom stereocenters. The van der Waals surface area contributed by atoms with Gasteiger partial charge in [-0.1, -0.05) is 0 Å². The highest BCUT2D eigenvalue weighted by atomic mass is 19.1. The van der Waals surface area contributed by atoms with Gasteiger partial charge in [-0.3, -0.25) is 4.79 Å². The van der Waals surface area contributed by atoms with Crippen molar-refractivity contribution in [1.82, 2.24) is 10.6 Å². The van der Waals surface area contributed by atoms with Crippen LogP contribution in [0.15, 0.2) is 18.2 Å². The number of halogens is 1. The van der Waals surface area contributed by atoms with Gasteiger partial charge in [0, 0.05) is 17.6 Å². The molecular weight excluding hydrogens is 231 g/mol. The summed E-state index contributed by atoms with van der Waals surface area (Å²) in [7, 11) is 0. The number of nitrogens with one attached hydrogen (secondary N) is 2. The number of amides is 1. The summed E-state index contributed by atoms with van der Waals surface area (Å²) in [5.74, 6) is -0.427. The highest BCUT2D eigenvalue weighted by Gasteiger charge is 2.28. The van der Waals surface area contributed by atoms with Crippen molar-refractivity contribution < 1.29 is 9.18 Å². The van der Waals surface area contributed by atoms with Crippen LogP contribution in [0.5, 0.6) is 0 Å². The SMILES string of the molecule is Cc1cc(C(=O)NCC2(C)CCCN2)ccc1F. The third kappa shape index (κ3) is 2.88. The average Bonchev–Trinajstić information content (AvgIpc) is 2.77. The summed E-state index contributed by atoms with van der Waals surface area (Å²) in [5, 5.41) is 6.29. The molecule has 0 radical (unpaired) electrons. The van der Waals surface area contributed by atoms with Gasteiger partial charge in [0.2, 0.25) is 0 Å². The largest absolute Gasteiger partial charge is 0.350 e. The van der Waals surface area contributed by atoms with Crippen LogP contribution in [0, 0.1) is 12.7 Å². The highest BCUT2D eigenvalue weighted by molar-refractivity contribution is 5.94. The lowest BCUT2D eigenvalue weighted by atomic mass is 10.0. The Kier molecular flexibility index (Phi) is 3.66. The first-order valence-electron chi connectivity index (χ1n) is 6.30. The number of rotatable bonds is 3. The highest BCUT2D eigenvalue weighted by Crippen LogP contribution is 2.17. The molecule has 0 aliphatic carbocycles. The van der Waals surface area contributed by atoms with Gasteiger partial charge in [0.25, 0.3) is 5.91 Å². The Hall–Kier alpha value is -1.42. The van der Waals surface area contributed by atoms with Crippen LogP contribution < -0.4 is 10.6 Å². The maximum absolute atomic E-state index is 13.1. The minimum atomic E-state index is -0.282. The molecule has 1 aliphatic rings. The second-order valence-electron chi connectivity index (χ2n) is 5.24. The average molecular weight is 250 g/mol. The van der Waals surface area contributed by atoms with E-state index >= 15 is 0 Å². The number of carbonyl (C=O) groups is 1. The molecular formula is C14H19FN2O. The number of carbonyl (C=O) groups excluding carboxylic acids is 1. The van der Waals surface area contributed by atoms with E-state index in [0.29, 0.717) is 17.7 Å².